The molecule has 0 saturated carbocycles. The van der Waals surface area contributed by atoms with Crippen molar-refractivity contribution in [1.82, 2.24) is 14.5 Å². The van der Waals surface area contributed by atoms with Gasteiger partial charge in [0.2, 0.25) is 0 Å². The fourth-order valence-corrected chi connectivity index (χ4v) is 2.55. The number of imidazole rings is 1. The molecule has 0 aliphatic carbocycles. The molecule has 0 saturated heterocycles. The van der Waals surface area contributed by atoms with Crippen molar-refractivity contribution in [3.05, 3.63) is 41.6 Å². The number of benzene rings is 1. The van der Waals surface area contributed by atoms with Gasteiger partial charge >= 0.3 is 0 Å². The van der Waals surface area contributed by atoms with E-state index in [1.807, 2.05) is 30.3 Å². The maximum atomic E-state index is 6.10. The first-order valence-electron chi connectivity index (χ1n) is 6.45. The molecule has 1 aromatic carbocycles. The van der Waals surface area contributed by atoms with Gasteiger partial charge in [-0.05, 0) is 44.2 Å². The Morgan fingerprint density at radius 3 is 2.70 bits per heavy atom. The van der Waals surface area contributed by atoms with Crippen LogP contribution in [0.15, 0.2) is 36.5 Å². The minimum atomic E-state index is 0.267. The topological polar surface area (TPSA) is 56.7 Å². The molecule has 0 fully saturated rings. The molecule has 2 aromatic heterocycles. The molecule has 0 bridgehead atoms. The standard InChI is InChI=1S/C15H15ClN4/c1-9(2)20-13-8-11(16)3-4-12(13)19-15(20)10-5-6-18-14(17)7-10/h3-9H,1-2H3,(H2,17,18). The first kappa shape index (κ1) is 12.9. The molecule has 20 heavy (non-hydrogen) atoms. The Labute approximate surface area is 122 Å². The molecule has 0 atom stereocenters. The quantitative estimate of drug-likeness (QED) is 0.777. The smallest absolute Gasteiger partial charge is 0.141 e. The van der Waals surface area contributed by atoms with Crippen LogP contribution in [0, 0.1) is 0 Å². The molecule has 0 radical (unpaired) electrons. The molecule has 0 aliphatic rings. The average Bonchev–Trinajstić information content (AvgIpc) is 2.77. The average molecular weight is 287 g/mol. The maximum Gasteiger partial charge on any atom is 0.141 e. The van der Waals surface area contributed by atoms with Gasteiger partial charge in [0.25, 0.3) is 0 Å². The molecule has 3 rings (SSSR count). The van der Waals surface area contributed by atoms with Gasteiger partial charge in [-0.1, -0.05) is 11.6 Å². The molecule has 4 nitrogen and oxygen atoms in total. The number of pyridine rings is 1. The first-order chi connectivity index (χ1) is 9.56. The lowest BCUT2D eigenvalue weighted by molar-refractivity contribution is 0.624. The molecule has 0 unspecified atom stereocenters. The third-order valence-electron chi connectivity index (χ3n) is 3.21. The van der Waals surface area contributed by atoms with Crippen molar-refractivity contribution in [2.75, 3.05) is 5.73 Å². The molecule has 2 heterocycles. The van der Waals surface area contributed by atoms with Crippen LogP contribution in [0.5, 0.6) is 0 Å². The Balaban J connectivity index is 2.32. The van der Waals surface area contributed by atoms with Gasteiger partial charge in [-0.3, -0.25) is 0 Å². The lowest BCUT2D eigenvalue weighted by Gasteiger charge is -2.13. The van der Waals surface area contributed by atoms with E-state index in [4.69, 9.17) is 22.3 Å². The molecule has 0 amide bonds. The second kappa shape index (κ2) is 4.80. The van der Waals surface area contributed by atoms with Gasteiger partial charge in [-0.15, -0.1) is 0 Å². The number of fused-ring (bicyclic) bond motifs is 1. The van der Waals surface area contributed by atoms with E-state index in [1.165, 1.54) is 0 Å². The molecule has 5 heteroatoms. The number of rotatable bonds is 2. The monoisotopic (exact) mass is 286 g/mol. The second-order valence-corrected chi connectivity index (χ2v) is 5.44. The second-order valence-electron chi connectivity index (χ2n) is 5.00. The molecule has 2 N–H and O–H groups in total. The summed E-state index contributed by atoms with van der Waals surface area (Å²) in [6, 6.07) is 9.75. The number of hydrogen-bond donors (Lipinski definition) is 1. The Morgan fingerprint density at radius 2 is 2.00 bits per heavy atom. The van der Waals surface area contributed by atoms with Gasteiger partial charge in [0.15, 0.2) is 0 Å². The normalized spacial score (nSPS) is 11.4. The Hall–Kier alpha value is -2.07. The summed E-state index contributed by atoms with van der Waals surface area (Å²) in [6.45, 7) is 4.24. The van der Waals surface area contributed by atoms with Crippen LogP contribution in [0.25, 0.3) is 22.4 Å². The lowest BCUT2D eigenvalue weighted by Crippen LogP contribution is -2.03. The van der Waals surface area contributed by atoms with E-state index < -0.39 is 0 Å². The van der Waals surface area contributed by atoms with Gasteiger partial charge in [-0.2, -0.15) is 0 Å². The van der Waals surface area contributed by atoms with Crippen LogP contribution < -0.4 is 5.73 Å². The van der Waals surface area contributed by atoms with Crippen molar-refractivity contribution in [2.24, 2.45) is 0 Å². The van der Waals surface area contributed by atoms with Crippen LogP contribution in [0.2, 0.25) is 5.02 Å². The van der Waals surface area contributed by atoms with Gasteiger partial charge in [0, 0.05) is 22.8 Å². The number of nitrogen functional groups attached to an aromatic ring is 1. The SMILES string of the molecule is CC(C)n1c(-c2ccnc(N)c2)nc2ccc(Cl)cc21. The number of nitrogens with two attached hydrogens (primary N) is 1. The summed E-state index contributed by atoms with van der Waals surface area (Å²) in [5.41, 5.74) is 8.68. The van der Waals surface area contributed by atoms with Crippen LogP contribution in [0.1, 0.15) is 19.9 Å². The molecule has 102 valence electrons. The highest BCUT2D eigenvalue weighted by Gasteiger charge is 2.15. The fourth-order valence-electron chi connectivity index (χ4n) is 2.38. The van der Waals surface area contributed by atoms with Crippen LogP contribution >= 0.6 is 11.6 Å². The zero-order chi connectivity index (χ0) is 14.3. The third-order valence-corrected chi connectivity index (χ3v) is 3.44. The summed E-state index contributed by atoms with van der Waals surface area (Å²) in [4.78, 5) is 8.73. The largest absolute Gasteiger partial charge is 0.384 e. The number of nitrogens with zero attached hydrogens (tertiary/aromatic N) is 3. The summed E-state index contributed by atoms with van der Waals surface area (Å²) >= 11 is 6.10. The summed E-state index contributed by atoms with van der Waals surface area (Å²) < 4.78 is 2.16. The number of anilines is 1. The minimum absolute atomic E-state index is 0.267. The number of halogens is 1. The highest BCUT2D eigenvalue weighted by molar-refractivity contribution is 6.31. The zero-order valence-corrected chi connectivity index (χ0v) is 12.1. The molecular weight excluding hydrogens is 272 g/mol. The van der Waals surface area contributed by atoms with E-state index in [1.54, 1.807) is 6.20 Å². The van der Waals surface area contributed by atoms with Crippen molar-refractivity contribution in [3.63, 3.8) is 0 Å². The minimum Gasteiger partial charge on any atom is -0.384 e. The molecular formula is C15H15ClN4. The van der Waals surface area contributed by atoms with Crippen molar-refractivity contribution >= 4 is 28.5 Å². The summed E-state index contributed by atoms with van der Waals surface area (Å²) in [6.07, 6.45) is 1.70. The van der Waals surface area contributed by atoms with E-state index >= 15 is 0 Å². The van der Waals surface area contributed by atoms with Crippen molar-refractivity contribution < 1.29 is 0 Å². The summed E-state index contributed by atoms with van der Waals surface area (Å²) in [5.74, 6) is 1.37. The predicted molar refractivity (Wildman–Crippen MR) is 82.8 cm³/mol. The first-order valence-corrected chi connectivity index (χ1v) is 6.83. The highest BCUT2D eigenvalue weighted by atomic mass is 35.5. The van der Waals surface area contributed by atoms with E-state index in [9.17, 15) is 0 Å². The van der Waals surface area contributed by atoms with Crippen molar-refractivity contribution in [3.8, 4) is 11.4 Å². The van der Waals surface area contributed by atoms with Crippen molar-refractivity contribution in [1.29, 1.82) is 0 Å². The Morgan fingerprint density at radius 1 is 1.20 bits per heavy atom. The van der Waals surface area contributed by atoms with Crippen LogP contribution in [0.3, 0.4) is 0 Å². The Bertz CT molecular complexity index is 777. The molecule has 0 spiro atoms. The zero-order valence-electron chi connectivity index (χ0n) is 11.3. The fraction of sp³-hybridized carbons (Fsp3) is 0.200. The van der Waals surface area contributed by atoms with Crippen molar-refractivity contribution in [2.45, 2.75) is 19.9 Å². The maximum absolute atomic E-state index is 6.10. The number of hydrogen-bond acceptors (Lipinski definition) is 3. The van der Waals surface area contributed by atoms with Gasteiger partial charge < -0.3 is 10.3 Å². The molecule has 3 aromatic rings. The number of aromatic nitrogens is 3. The van der Waals surface area contributed by atoms with E-state index in [0.717, 1.165) is 22.4 Å². The van der Waals surface area contributed by atoms with Gasteiger partial charge in [0.1, 0.15) is 11.6 Å². The van der Waals surface area contributed by atoms with Crippen LogP contribution in [-0.2, 0) is 0 Å². The van der Waals surface area contributed by atoms with Gasteiger partial charge in [0.05, 0.1) is 11.0 Å². The summed E-state index contributed by atoms with van der Waals surface area (Å²) in [7, 11) is 0. The van der Waals surface area contributed by atoms with E-state index in [-0.39, 0.29) is 6.04 Å². The van der Waals surface area contributed by atoms with Gasteiger partial charge in [-0.25, -0.2) is 9.97 Å². The summed E-state index contributed by atoms with van der Waals surface area (Å²) in [5, 5.41) is 0.708. The van der Waals surface area contributed by atoms with E-state index in [2.05, 4.69) is 23.4 Å². The lowest BCUT2D eigenvalue weighted by atomic mass is 10.2. The Kier molecular flexibility index (Phi) is 3.10. The highest BCUT2D eigenvalue weighted by Crippen LogP contribution is 2.30. The third kappa shape index (κ3) is 2.12. The van der Waals surface area contributed by atoms with E-state index in [0.29, 0.717) is 10.8 Å². The van der Waals surface area contributed by atoms with Crippen LogP contribution in [0.4, 0.5) is 5.82 Å². The molecule has 0 aliphatic heterocycles. The van der Waals surface area contributed by atoms with Crippen LogP contribution in [-0.4, -0.2) is 14.5 Å². The predicted octanol–water partition coefficient (Wildman–Crippen LogP) is 3.91.